The van der Waals surface area contributed by atoms with Gasteiger partial charge in [0.05, 0.1) is 6.33 Å². The Morgan fingerprint density at radius 1 is 1.24 bits per heavy atom. The minimum absolute atomic E-state index is 0.122. The fourth-order valence-corrected chi connectivity index (χ4v) is 5.60. The van der Waals surface area contributed by atoms with E-state index in [1.54, 1.807) is 33.5 Å². The predicted octanol–water partition coefficient (Wildman–Crippen LogP) is 2.97. The number of sulfonamides is 1. The zero-order valence-electron chi connectivity index (χ0n) is 16.4. The van der Waals surface area contributed by atoms with Crippen LogP contribution in [0.4, 0.5) is 10.9 Å². The number of pyridine rings is 1. The summed E-state index contributed by atoms with van der Waals surface area (Å²) in [5.74, 6) is 1.20. The van der Waals surface area contributed by atoms with Gasteiger partial charge in [-0.1, -0.05) is 6.07 Å². The lowest BCUT2D eigenvalue weighted by Gasteiger charge is -2.30. The first kappa shape index (κ1) is 20.0. The maximum absolute atomic E-state index is 12.7. The molecule has 0 aromatic carbocycles. The van der Waals surface area contributed by atoms with E-state index in [0.717, 1.165) is 40.8 Å². The van der Waals surface area contributed by atoms with Gasteiger partial charge >= 0.3 is 0 Å². The van der Waals surface area contributed by atoms with Crippen molar-refractivity contribution in [3.63, 3.8) is 0 Å². The van der Waals surface area contributed by atoms with Gasteiger partial charge in [0.25, 0.3) is 10.0 Å². The van der Waals surface area contributed by atoms with Crippen LogP contribution in [-0.2, 0) is 23.5 Å². The second kappa shape index (κ2) is 8.21. The maximum atomic E-state index is 12.7. The largest absolute Gasteiger partial charge is 0.339 e. The van der Waals surface area contributed by atoms with Crippen molar-refractivity contribution in [3.8, 4) is 0 Å². The summed E-state index contributed by atoms with van der Waals surface area (Å²) in [6, 6.07) is 5.95. The summed E-state index contributed by atoms with van der Waals surface area (Å²) in [6.45, 7) is 3.05. The Hall–Kier alpha value is -2.30. The molecule has 154 valence electrons. The van der Waals surface area contributed by atoms with Gasteiger partial charge in [0, 0.05) is 43.1 Å². The first-order valence-electron chi connectivity index (χ1n) is 9.53. The van der Waals surface area contributed by atoms with Crippen LogP contribution in [0.2, 0.25) is 0 Å². The molecule has 8 nitrogen and oxygen atoms in total. The van der Waals surface area contributed by atoms with Crippen LogP contribution in [0.25, 0.3) is 0 Å². The van der Waals surface area contributed by atoms with Gasteiger partial charge in [0.15, 0.2) is 10.2 Å². The van der Waals surface area contributed by atoms with Gasteiger partial charge in [-0.2, -0.15) is 4.31 Å². The molecular formula is C19H24N6O2S2. The second-order valence-corrected chi connectivity index (χ2v) is 10.5. The zero-order valence-corrected chi connectivity index (χ0v) is 18.1. The molecule has 1 fully saturated rings. The van der Waals surface area contributed by atoms with E-state index in [0.29, 0.717) is 19.0 Å². The number of hydrogen-bond donors (Lipinski definition) is 1. The Morgan fingerprint density at radius 2 is 2.03 bits per heavy atom. The van der Waals surface area contributed by atoms with E-state index in [1.165, 1.54) is 6.33 Å². The lowest BCUT2D eigenvalue weighted by molar-refractivity contribution is 0.271. The van der Waals surface area contributed by atoms with Crippen LogP contribution >= 0.6 is 11.3 Å². The Balaban J connectivity index is 1.35. The summed E-state index contributed by atoms with van der Waals surface area (Å²) in [5.41, 5.74) is 1.01. The maximum Gasteiger partial charge on any atom is 0.262 e. The van der Waals surface area contributed by atoms with E-state index < -0.39 is 10.0 Å². The summed E-state index contributed by atoms with van der Waals surface area (Å²) in [5, 5.41) is 4.20. The van der Waals surface area contributed by atoms with Crippen molar-refractivity contribution >= 4 is 32.3 Å². The molecule has 0 amide bonds. The highest BCUT2D eigenvalue weighted by atomic mass is 32.2. The third-order valence-corrected chi connectivity index (χ3v) is 7.63. The van der Waals surface area contributed by atoms with Crippen LogP contribution in [0.15, 0.2) is 41.9 Å². The highest BCUT2D eigenvalue weighted by Gasteiger charge is 2.31. The quantitative estimate of drug-likeness (QED) is 0.644. The number of anilines is 2. The zero-order chi connectivity index (χ0) is 20.4. The van der Waals surface area contributed by atoms with E-state index in [-0.39, 0.29) is 5.03 Å². The molecule has 0 saturated carbocycles. The number of nitrogens with one attached hydrogen (secondary N) is 1. The second-order valence-electron chi connectivity index (χ2n) is 7.34. The van der Waals surface area contributed by atoms with Crippen molar-refractivity contribution in [3.05, 3.63) is 47.5 Å². The molecule has 0 atom stereocenters. The molecule has 0 bridgehead atoms. The summed E-state index contributed by atoms with van der Waals surface area (Å²) >= 11 is 1.60. The molecule has 1 aliphatic rings. The Morgan fingerprint density at radius 3 is 2.69 bits per heavy atom. The topological polar surface area (TPSA) is 93.0 Å². The summed E-state index contributed by atoms with van der Waals surface area (Å²) < 4.78 is 28.6. The third-order valence-electron chi connectivity index (χ3n) is 5.02. The summed E-state index contributed by atoms with van der Waals surface area (Å²) in [6.07, 6.45) is 7.37. The smallest absolute Gasteiger partial charge is 0.262 e. The number of piperidine rings is 1. The Bertz CT molecular complexity index is 1080. The molecule has 4 rings (SSSR count). The van der Waals surface area contributed by atoms with Gasteiger partial charge < -0.3 is 9.88 Å². The fraction of sp³-hybridized carbons (Fsp3) is 0.421. The number of aromatic nitrogens is 4. The third kappa shape index (κ3) is 4.65. The van der Waals surface area contributed by atoms with E-state index in [2.05, 4.69) is 15.3 Å². The van der Waals surface area contributed by atoms with Gasteiger partial charge in [-0.05, 0) is 44.2 Å². The predicted molar refractivity (Wildman–Crippen MR) is 113 cm³/mol. The van der Waals surface area contributed by atoms with Gasteiger partial charge in [-0.25, -0.2) is 23.4 Å². The van der Waals surface area contributed by atoms with Crippen molar-refractivity contribution in [1.29, 1.82) is 0 Å². The van der Waals surface area contributed by atoms with Crippen LogP contribution < -0.4 is 5.32 Å². The van der Waals surface area contributed by atoms with Crippen LogP contribution in [0.1, 0.15) is 23.4 Å². The molecule has 3 aromatic rings. The Kier molecular flexibility index (Phi) is 5.66. The van der Waals surface area contributed by atoms with E-state index >= 15 is 0 Å². The van der Waals surface area contributed by atoms with Crippen LogP contribution in [0.5, 0.6) is 0 Å². The molecule has 29 heavy (non-hydrogen) atoms. The number of imidazole rings is 1. The summed E-state index contributed by atoms with van der Waals surface area (Å²) in [4.78, 5) is 14.2. The molecule has 0 spiro atoms. The molecule has 1 N–H and O–H groups in total. The molecule has 1 aliphatic heterocycles. The normalized spacial score (nSPS) is 16.2. The standard InChI is InChI=1S/C19H24N6O2S2/c1-14-11-20-19(28-14)23-17-5-3-4-16(22-17)10-15-6-8-25(9-7-15)29(26,27)18-12-24(2)13-21-18/h3-5,11-13,15H,6-10H2,1-2H3,(H,20,22,23). The molecule has 10 heteroatoms. The first-order chi connectivity index (χ1) is 13.9. The molecule has 0 unspecified atom stereocenters. The van der Waals surface area contributed by atoms with Crippen LogP contribution in [0.3, 0.4) is 0 Å². The van der Waals surface area contributed by atoms with Gasteiger partial charge in [0.1, 0.15) is 5.82 Å². The highest BCUT2D eigenvalue weighted by molar-refractivity contribution is 7.89. The average molecular weight is 433 g/mol. The van der Waals surface area contributed by atoms with Crippen molar-refractivity contribution in [1.82, 2.24) is 23.8 Å². The van der Waals surface area contributed by atoms with E-state index in [4.69, 9.17) is 4.98 Å². The number of nitrogens with zero attached hydrogens (tertiary/aromatic N) is 5. The average Bonchev–Trinajstić information content (AvgIpc) is 3.31. The van der Waals surface area contributed by atoms with Crippen LogP contribution in [-0.4, -0.2) is 45.3 Å². The van der Waals surface area contributed by atoms with Crippen LogP contribution in [0, 0.1) is 12.8 Å². The molecular weight excluding hydrogens is 408 g/mol. The fourth-order valence-electron chi connectivity index (χ4n) is 3.49. The SMILES string of the molecule is Cc1cnc(Nc2cccc(CC3CCN(S(=O)(=O)c4cn(C)cn4)CC3)n2)s1. The summed E-state index contributed by atoms with van der Waals surface area (Å²) in [7, 11) is -1.74. The minimum atomic E-state index is -3.51. The first-order valence-corrected chi connectivity index (χ1v) is 11.8. The van der Waals surface area contributed by atoms with E-state index in [1.807, 2.05) is 31.3 Å². The number of rotatable bonds is 6. The number of hydrogen-bond acceptors (Lipinski definition) is 7. The lowest BCUT2D eigenvalue weighted by atomic mass is 9.93. The Labute approximate surface area is 174 Å². The van der Waals surface area contributed by atoms with Gasteiger partial charge in [0.2, 0.25) is 0 Å². The molecule has 0 aliphatic carbocycles. The monoisotopic (exact) mass is 432 g/mol. The molecule has 1 saturated heterocycles. The molecule has 0 radical (unpaired) electrons. The minimum Gasteiger partial charge on any atom is -0.339 e. The lowest BCUT2D eigenvalue weighted by Crippen LogP contribution is -2.39. The number of thiazole rings is 1. The number of aryl methyl sites for hydroxylation is 2. The molecule has 4 heterocycles. The van der Waals surface area contributed by atoms with Crippen molar-refractivity contribution in [2.45, 2.75) is 31.2 Å². The molecule has 3 aromatic heterocycles. The van der Waals surface area contributed by atoms with Crippen molar-refractivity contribution in [2.24, 2.45) is 13.0 Å². The van der Waals surface area contributed by atoms with Crippen molar-refractivity contribution < 1.29 is 8.42 Å². The van der Waals surface area contributed by atoms with E-state index in [9.17, 15) is 8.42 Å². The van der Waals surface area contributed by atoms with Gasteiger partial charge in [-0.3, -0.25) is 0 Å². The highest BCUT2D eigenvalue weighted by Crippen LogP contribution is 2.26. The van der Waals surface area contributed by atoms with Gasteiger partial charge in [-0.15, -0.1) is 11.3 Å². The van der Waals surface area contributed by atoms with Crippen molar-refractivity contribution in [2.75, 3.05) is 18.4 Å².